The number of carbonyl (C=O) groups excluding carboxylic acids is 3. The molecule has 2 aliphatic heterocycles. The Morgan fingerprint density at radius 1 is 0.783 bits per heavy atom. The van der Waals surface area contributed by atoms with Gasteiger partial charge in [0.2, 0.25) is 0 Å². The van der Waals surface area contributed by atoms with Crippen molar-refractivity contribution in [2.24, 2.45) is 0 Å². The van der Waals surface area contributed by atoms with E-state index in [0.717, 1.165) is 74.0 Å². The standard InChI is InChI=1S/C37H46N4O5/c1-41(2,25-12-11-21-40-35(42)32-17-9-10-18-33(32)36(40)43)26-28-45-27-24-39-22-19-31(20-23-39)46-37(44)38-34(29-13-5-3-6-14-29)30-15-7-4-8-16-30/h3-10,13-18,31,34H,11-12,19-28H2,1-2H3/p+1. The second kappa shape index (κ2) is 16.0. The third kappa shape index (κ3) is 9.02. The topological polar surface area (TPSA) is 88.2 Å². The second-order valence-corrected chi connectivity index (χ2v) is 12.9. The van der Waals surface area contributed by atoms with Gasteiger partial charge in [-0.25, -0.2) is 4.79 Å². The molecule has 0 radical (unpaired) electrons. The Morgan fingerprint density at radius 2 is 1.35 bits per heavy atom. The number of ether oxygens (including phenoxy) is 2. The van der Waals surface area contributed by atoms with E-state index in [9.17, 15) is 14.4 Å². The second-order valence-electron chi connectivity index (χ2n) is 12.9. The van der Waals surface area contributed by atoms with Crippen LogP contribution < -0.4 is 5.32 Å². The number of unbranched alkanes of at least 4 members (excludes halogenated alkanes) is 1. The van der Waals surface area contributed by atoms with Gasteiger partial charge in [-0.05, 0) is 48.9 Å². The Morgan fingerprint density at radius 3 is 1.93 bits per heavy atom. The van der Waals surface area contributed by atoms with E-state index in [1.54, 1.807) is 24.3 Å². The molecule has 0 spiro atoms. The van der Waals surface area contributed by atoms with Crippen LogP contribution in [0, 0.1) is 0 Å². The lowest BCUT2D eigenvalue weighted by molar-refractivity contribution is -0.890. The molecule has 1 fully saturated rings. The molecule has 46 heavy (non-hydrogen) atoms. The Balaban J connectivity index is 0.931. The molecule has 9 nitrogen and oxygen atoms in total. The van der Waals surface area contributed by atoms with Crippen LogP contribution in [0.25, 0.3) is 0 Å². The number of likely N-dealkylation sites (N-methyl/N-ethyl adjacent to an activating group) is 1. The summed E-state index contributed by atoms with van der Waals surface area (Å²) in [6.45, 7) is 6.24. The highest BCUT2D eigenvalue weighted by atomic mass is 16.6. The number of benzene rings is 3. The largest absolute Gasteiger partial charge is 0.446 e. The van der Waals surface area contributed by atoms with Crippen molar-refractivity contribution in [3.05, 3.63) is 107 Å². The van der Waals surface area contributed by atoms with Crippen molar-refractivity contribution in [1.29, 1.82) is 0 Å². The van der Waals surface area contributed by atoms with Crippen molar-refractivity contribution in [3.8, 4) is 0 Å². The fraction of sp³-hybridized carbons (Fsp3) is 0.432. The lowest BCUT2D eigenvalue weighted by atomic mass is 9.99. The normalized spacial score (nSPS) is 15.8. The summed E-state index contributed by atoms with van der Waals surface area (Å²) in [6, 6.07) is 26.7. The zero-order valence-corrected chi connectivity index (χ0v) is 27.1. The molecule has 0 unspecified atom stereocenters. The van der Waals surface area contributed by atoms with Crippen LogP contribution >= 0.6 is 0 Å². The maximum atomic E-state index is 12.9. The summed E-state index contributed by atoms with van der Waals surface area (Å²) in [7, 11) is 4.38. The van der Waals surface area contributed by atoms with Gasteiger partial charge in [0.05, 0.1) is 51.0 Å². The zero-order valence-electron chi connectivity index (χ0n) is 27.1. The molecular formula is C37H47N4O5+. The molecule has 3 aromatic carbocycles. The number of carbonyl (C=O) groups is 3. The Labute approximate surface area is 272 Å². The lowest BCUT2D eigenvalue weighted by Gasteiger charge is -2.32. The molecule has 1 saturated heterocycles. The van der Waals surface area contributed by atoms with Crippen molar-refractivity contribution in [2.75, 3.05) is 66.6 Å². The molecule has 0 atom stereocenters. The summed E-state index contributed by atoms with van der Waals surface area (Å²) in [6.07, 6.45) is 2.84. The number of hydrogen-bond acceptors (Lipinski definition) is 6. The number of quaternary nitrogens is 1. The van der Waals surface area contributed by atoms with Gasteiger partial charge in [0.1, 0.15) is 12.6 Å². The van der Waals surface area contributed by atoms with E-state index in [0.29, 0.717) is 30.9 Å². The monoisotopic (exact) mass is 627 g/mol. The van der Waals surface area contributed by atoms with E-state index in [1.165, 1.54) is 4.90 Å². The van der Waals surface area contributed by atoms with Gasteiger partial charge >= 0.3 is 6.09 Å². The van der Waals surface area contributed by atoms with E-state index in [4.69, 9.17) is 9.47 Å². The number of amides is 3. The smallest absolute Gasteiger partial charge is 0.408 e. The van der Waals surface area contributed by atoms with Crippen LogP contribution in [0.5, 0.6) is 0 Å². The summed E-state index contributed by atoms with van der Waals surface area (Å²) in [5, 5.41) is 3.08. The minimum Gasteiger partial charge on any atom is -0.446 e. The Kier molecular flexibility index (Phi) is 11.6. The minimum atomic E-state index is -0.385. The van der Waals surface area contributed by atoms with Gasteiger partial charge in [0.15, 0.2) is 0 Å². The molecule has 2 aliphatic rings. The van der Waals surface area contributed by atoms with Gasteiger partial charge in [-0.2, -0.15) is 0 Å². The van der Waals surface area contributed by atoms with Crippen LogP contribution in [-0.4, -0.2) is 105 Å². The molecule has 5 rings (SSSR count). The molecule has 1 N–H and O–H groups in total. The third-order valence-electron chi connectivity index (χ3n) is 9.00. The summed E-state index contributed by atoms with van der Waals surface area (Å²) >= 11 is 0. The molecule has 3 aromatic rings. The molecule has 0 saturated carbocycles. The summed E-state index contributed by atoms with van der Waals surface area (Å²) in [5.41, 5.74) is 3.06. The first-order valence-electron chi connectivity index (χ1n) is 16.4. The highest BCUT2D eigenvalue weighted by Crippen LogP contribution is 2.24. The summed E-state index contributed by atoms with van der Waals surface area (Å²) < 4.78 is 12.7. The summed E-state index contributed by atoms with van der Waals surface area (Å²) in [4.78, 5) is 41.8. The number of rotatable bonds is 15. The van der Waals surface area contributed by atoms with Crippen LogP contribution in [0.4, 0.5) is 4.79 Å². The van der Waals surface area contributed by atoms with Gasteiger partial charge in [0.25, 0.3) is 11.8 Å². The number of imide groups is 1. The van der Waals surface area contributed by atoms with Crippen LogP contribution in [0.3, 0.4) is 0 Å². The first-order chi connectivity index (χ1) is 22.3. The highest BCUT2D eigenvalue weighted by molar-refractivity contribution is 6.21. The average Bonchev–Trinajstić information content (AvgIpc) is 3.31. The van der Waals surface area contributed by atoms with E-state index >= 15 is 0 Å². The number of piperidine rings is 1. The maximum absolute atomic E-state index is 12.9. The van der Waals surface area contributed by atoms with Crippen LogP contribution in [-0.2, 0) is 9.47 Å². The van der Waals surface area contributed by atoms with Gasteiger partial charge in [-0.15, -0.1) is 0 Å². The fourth-order valence-electron chi connectivity index (χ4n) is 6.18. The minimum absolute atomic E-state index is 0.0977. The molecule has 0 aromatic heterocycles. The molecule has 3 amide bonds. The summed E-state index contributed by atoms with van der Waals surface area (Å²) in [5.74, 6) is -0.360. The van der Waals surface area contributed by atoms with Crippen LogP contribution in [0.1, 0.15) is 63.6 Å². The number of alkyl carbamates (subject to hydrolysis) is 1. The first kappa shape index (κ1) is 33.3. The van der Waals surface area contributed by atoms with E-state index in [1.807, 2.05) is 60.7 Å². The fourth-order valence-corrected chi connectivity index (χ4v) is 6.18. The van der Waals surface area contributed by atoms with Crippen molar-refractivity contribution in [1.82, 2.24) is 15.1 Å². The Bertz CT molecular complexity index is 1370. The van der Waals surface area contributed by atoms with Gasteiger partial charge in [0, 0.05) is 26.2 Å². The third-order valence-corrected chi connectivity index (χ3v) is 9.00. The number of hydrogen-bond donors (Lipinski definition) is 1. The highest BCUT2D eigenvalue weighted by Gasteiger charge is 2.34. The van der Waals surface area contributed by atoms with Crippen molar-refractivity contribution in [2.45, 2.75) is 37.8 Å². The number of nitrogens with one attached hydrogen (secondary N) is 1. The van der Waals surface area contributed by atoms with E-state index < -0.39 is 0 Å². The molecular weight excluding hydrogens is 580 g/mol. The predicted octanol–water partition coefficient (Wildman–Crippen LogP) is 5.14. The van der Waals surface area contributed by atoms with Crippen molar-refractivity contribution < 1.29 is 28.3 Å². The quantitative estimate of drug-likeness (QED) is 0.143. The zero-order chi connectivity index (χ0) is 32.4. The van der Waals surface area contributed by atoms with Crippen LogP contribution in [0.2, 0.25) is 0 Å². The first-order valence-corrected chi connectivity index (χ1v) is 16.4. The van der Waals surface area contributed by atoms with Crippen molar-refractivity contribution in [3.63, 3.8) is 0 Å². The molecule has 0 aliphatic carbocycles. The predicted molar refractivity (Wildman–Crippen MR) is 178 cm³/mol. The van der Waals surface area contributed by atoms with E-state index in [2.05, 4.69) is 24.3 Å². The van der Waals surface area contributed by atoms with Crippen molar-refractivity contribution >= 4 is 17.9 Å². The molecule has 9 heteroatoms. The van der Waals surface area contributed by atoms with E-state index in [-0.39, 0.29) is 30.1 Å². The lowest BCUT2D eigenvalue weighted by Crippen LogP contribution is -2.44. The van der Waals surface area contributed by atoms with Gasteiger partial charge < -0.3 is 24.2 Å². The average molecular weight is 628 g/mol. The SMILES string of the molecule is C[N+](C)(CCCCN1C(=O)c2ccccc2C1=O)CCOCCN1CCC(OC(=O)NC(c2ccccc2)c2ccccc2)CC1. The maximum Gasteiger partial charge on any atom is 0.408 e. The molecule has 2 heterocycles. The Hall–Kier alpha value is -4.05. The number of fused-ring (bicyclic) bond motifs is 1. The molecule has 244 valence electrons. The van der Waals surface area contributed by atoms with Crippen LogP contribution in [0.15, 0.2) is 84.9 Å². The number of likely N-dealkylation sites (tertiary alicyclic amines) is 1. The molecule has 0 bridgehead atoms. The number of nitrogens with zero attached hydrogens (tertiary/aromatic N) is 3. The van der Waals surface area contributed by atoms with Gasteiger partial charge in [-0.3, -0.25) is 14.5 Å². The van der Waals surface area contributed by atoms with Gasteiger partial charge in [-0.1, -0.05) is 72.8 Å².